The maximum absolute atomic E-state index is 11.7. The minimum atomic E-state index is -0.833. The number of benzene rings is 2. The zero-order valence-electron chi connectivity index (χ0n) is 12.5. The third-order valence-corrected chi connectivity index (χ3v) is 3.40. The smallest absolute Gasteiger partial charge is 0.329 e. The Bertz CT molecular complexity index is 727. The standard InChI is InChI=1S/C17H16ClN3O2/c1-12-6-8-13(9-7-12)10-19-16(22)17(23)21-20-11-14-4-2-3-5-15(14)18/h2-9,11H,10H2,1H3,(H,19,22)(H,21,23)/b20-11-. The van der Waals surface area contributed by atoms with Gasteiger partial charge < -0.3 is 5.32 Å². The first-order valence-electron chi connectivity index (χ1n) is 6.97. The first kappa shape index (κ1) is 16.7. The first-order valence-corrected chi connectivity index (χ1v) is 7.35. The van der Waals surface area contributed by atoms with E-state index in [2.05, 4.69) is 15.8 Å². The van der Waals surface area contributed by atoms with Gasteiger partial charge >= 0.3 is 11.8 Å². The molecule has 0 aliphatic carbocycles. The second-order valence-electron chi connectivity index (χ2n) is 4.89. The molecule has 0 saturated heterocycles. The Morgan fingerprint density at radius 3 is 2.48 bits per heavy atom. The summed E-state index contributed by atoms with van der Waals surface area (Å²) in [6.45, 7) is 2.26. The van der Waals surface area contributed by atoms with E-state index in [4.69, 9.17) is 11.6 Å². The lowest BCUT2D eigenvalue weighted by Gasteiger charge is -2.04. The van der Waals surface area contributed by atoms with Crippen molar-refractivity contribution in [2.24, 2.45) is 5.10 Å². The number of aryl methyl sites for hydroxylation is 1. The number of nitrogens with zero attached hydrogens (tertiary/aromatic N) is 1. The van der Waals surface area contributed by atoms with E-state index in [1.807, 2.05) is 31.2 Å². The molecule has 0 saturated carbocycles. The molecule has 0 fully saturated rings. The van der Waals surface area contributed by atoms with Gasteiger partial charge in [0.1, 0.15) is 0 Å². The second-order valence-corrected chi connectivity index (χ2v) is 5.30. The van der Waals surface area contributed by atoms with Crippen molar-refractivity contribution in [2.45, 2.75) is 13.5 Å². The largest absolute Gasteiger partial charge is 0.344 e. The summed E-state index contributed by atoms with van der Waals surface area (Å²) >= 11 is 5.95. The number of amides is 2. The lowest BCUT2D eigenvalue weighted by Crippen LogP contribution is -2.37. The van der Waals surface area contributed by atoms with Crippen LogP contribution >= 0.6 is 11.6 Å². The molecule has 0 heterocycles. The van der Waals surface area contributed by atoms with Crippen molar-refractivity contribution in [2.75, 3.05) is 0 Å². The Labute approximate surface area is 139 Å². The summed E-state index contributed by atoms with van der Waals surface area (Å²) in [6.07, 6.45) is 1.38. The second kappa shape index (κ2) is 8.10. The molecule has 5 nitrogen and oxygen atoms in total. The van der Waals surface area contributed by atoms with E-state index in [-0.39, 0.29) is 6.54 Å². The van der Waals surface area contributed by atoms with Crippen molar-refractivity contribution in [3.05, 3.63) is 70.2 Å². The molecule has 2 aromatic rings. The number of hydrogen-bond acceptors (Lipinski definition) is 3. The number of rotatable bonds is 4. The molecule has 118 valence electrons. The van der Waals surface area contributed by atoms with Gasteiger partial charge in [0, 0.05) is 17.1 Å². The summed E-state index contributed by atoms with van der Waals surface area (Å²) in [5.41, 5.74) is 4.86. The van der Waals surface area contributed by atoms with Crippen LogP contribution in [0.2, 0.25) is 5.02 Å². The highest BCUT2D eigenvalue weighted by Crippen LogP contribution is 2.11. The van der Waals surface area contributed by atoms with E-state index in [1.54, 1.807) is 24.3 Å². The maximum atomic E-state index is 11.7. The van der Waals surface area contributed by atoms with Gasteiger partial charge in [-0.15, -0.1) is 0 Å². The molecule has 0 aromatic heterocycles. The molecular weight excluding hydrogens is 314 g/mol. The van der Waals surface area contributed by atoms with E-state index in [0.717, 1.165) is 11.1 Å². The van der Waals surface area contributed by atoms with Crippen molar-refractivity contribution in [3.8, 4) is 0 Å². The number of carbonyl (C=O) groups is 2. The molecule has 0 aliphatic rings. The predicted octanol–water partition coefficient (Wildman–Crippen LogP) is 2.41. The fourth-order valence-electron chi connectivity index (χ4n) is 1.76. The molecule has 2 aromatic carbocycles. The van der Waals surface area contributed by atoms with Gasteiger partial charge in [-0.3, -0.25) is 9.59 Å². The molecule has 0 unspecified atom stereocenters. The summed E-state index contributed by atoms with van der Waals surface area (Å²) in [4.78, 5) is 23.3. The van der Waals surface area contributed by atoms with Crippen molar-refractivity contribution in [3.63, 3.8) is 0 Å². The van der Waals surface area contributed by atoms with Crippen LogP contribution < -0.4 is 10.7 Å². The average molecular weight is 330 g/mol. The fourth-order valence-corrected chi connectivity index (χ4v) is 1.94. The van der Waals surface area contributed by atoms with Gasteiger partial charge in [0.2, 0.25) is 0 Å². The molecule has 6 heteroatoms. The van der Waals surface area contributed by atoms with Gasteiger partial charge in [-0.1, -0.05) is 59.6 Å². The Morgan fingerprint density at radius 2 is 1.78 bits per heavy atom. The van der Waals surface area contributed by atoms with Crippen LogP contribution in [0.1, 0.15) is 16.7 Å². The number of hydrogen-bond donors (Lipinski definition) is 2. The van der Waals surface area contributed by atoms with Crippen LogP contribution in [-0.2, 0) is 16.1 Å². The quantitative estimate of drug-likeness (QED) is 0.514. The molecule has 0 bridgehead atoms. The van der Waals surface area contributed by atoms with Crippen molar-refractivity contribution in [1.29, 1.82) is 0 Å². The third kappa shape index (κ3) is 5.23. The predicted molar refractivity (Wildman–Crippen MR) is 90.2 cm³/mol. The molecule has 0 aliphatic heterocycles. The van der Waals surface area contributed by atoms with Crippen LogP contribution in [0.4, 0.5) is 0 Å². The van der Waals surface area contributed by atoms with Crippen LogP contribution in [-0.4, -0.2) is 18.0 Å². The van der Waals surface area contributed by atoms with Gasteiger partial charge in [0.05, 0.1) is 6.21 Å². The van der Waals surface area contributed by atoms with Gasteiger partial charge in [0.15, 0.2) is 0 Å². The monoisotopic (exact) mass is 329 g/mol. The molecule has 0 radical (unpaired) electrons. The average Bonchev–Trinajstić information content (AvgIpc) is 2.55. The number of nitrogens with one attached hydrogen (secondary N) is 2. The van der Waals surface area contributed by atoms with Gasteiger partial charge in [-0.05, 0) is 18.6 Å². The Morgan fingerprint density at radius 1 is 1.09 bits per heavy atom. The van der Waals surface area contributed by atoms with Crippen LogP contribution in [0.25, 0.3) is 0 Å². The molecule has 2 N–H and O–H groups in total. The number of halogens is 1. The third-order valence-electron chi connectivity index (χ3n) is 3.05. The van der Waals surface area contributed by atoms with Crippen molar-refractivity contribution < 1.29 is 9.59 Å². The number of hydrazone groups is 1. The van der Waals surface area contributed by atoms with Gasteiger partial charge in [-0.2, -0.15) is 5.10 Å². The lowest BCUT2D eigenvalue weighted by atomic mass is 10.1. The van der Waals surface area contributed by atoms with E-state index in [1.165, 1.54) is 6.21 Å². The topological polar surface area (TPSA) is 70.6 Å². The van der Waals surface area contributed by atoms with Crippen LogP contribution in [0, 0.1) is 6.92 Å². The molecule has 23 heavy (non-hydrogen) atoms. The summed E-state index contributed by atoms with van der Waals surface area (Å²) in [5.74, 6) is -1.58. The summed E-state index contributed by atoms with van der Waals surface area (Å²) in [5, 5.41) is 6.76. The van der Waals surface area contributed by atoms with Crippen molar-refractivity contribution in [1.82, 2.24) is 10.7 Å². The van der Waals surface area contributed by atoms with Gasteiger partial charge in [-0.25, -0.2) is 5.43 Å². The van der Waals surface area contributed by atoms with Gasteiger partial charge in [0.25, 0.3) is 0 Å². The summed E-state index contributed by atoms with van der Waals surface area (Å²) < 4.78 is 0. The molecule has 2 rings (SSSR count). The van der Waals surface area contributed by atoms with Crippen LogP contribution in [0.3, 0.4) is 0 Å². The van der Waals surface area contributed by atoms with Crippen LogP contribution in [0.15, 0.2) is 53.6 Å². The molecule has 0 atom stereocenters. The molecule has 0 spiro atoms. The molecule has 2 amide bonds. The minimum Gasteiger partial charge on any atom is -0.344 e. The summed E-state index contributed by atoms with van der Waals surface area (Å²) in [6, 6.07) is 14.7. The fraction of sp³-hybridized carbons (Fsp3) is 0.118. The van der Waals surface area contributed by atoms with Crippen molar-refractivity contribution >= 4 is 29.6 Å². The first-order chi connectivity index (χ1) is 11.1. The van der Waals surface area contributed by atoms with Crippen LogP contribution in [0.5, 0.6) is 0 Å². The Hall–Kier alpha value is -2.66. The highest BCUT2D eigenvalue weighted by atomic mass is 35.5. The normalized spacial score (nSPS) is 10.5. The lowest BCUT2D eigenvalue weighted by molar-refractivity contribution is -0.139. The number of carbonyl (C=O) groups excluding carboxylic acids is 2. The molecular formula is C17H16ClN3O2. The van der Waals surface area contributed by atoms with E-state index < -0.39 is 11.8 Å². The minimum absolute atomic E-state index is 0.279. The highest BCUT2D eigenvalue weighted by Gasteiger charge is 2.11. The van der Waals surface area contributed by atoms with E-state index in [0.29, 0.717) is 10.6 Å². The Kier molecular flexibility index (Phi) is 5.88. The van der Waals surface area contributed by atoms with E-state index in [9.17, 15) is 9.59 Å². The van der Waals surface area contributed by atoms with E-state index >= 15 is 0 Å². The zero-order chi connectivity index (χ0) is 16.7. The maximum Gasteiger partial charge on any atom is 0.329 e. The summed E-state index contributed by atoms with van der Waals surface area (Å²) in [7, 11) is 0. The zero-order valence-corrected chi connectivity index (χ0v) is 13.3. The Balaban J connectivity index is 1.82. The highest BCUT2D eigenvalue weighted by molar-refractivity contribution is 6.35. The SMILES string of the molecule is Cc1ccc(CNC(=O)C(=O)N/N=C\c2ccccc2Cl)cc1.